The molecule has 1 fully saturated rings. The maximum Gasteiger partial charge on any atom is 0.225 e. The average Bonchev–Trinajstić information content (AvgIpc) is 2.58. The van der Waals surface area contributed by atoms with Gasteiger partial charge in [-0.3, -0.25) is 0 Å². The highest BCUT2D eigenvalue weighted by Gasteiger charge is 2.22. The molecule has 0 unspecified atom stereocenters. The van der Waals surface area contributed by atoms with Crippen LogP contribution in [-0.4, -0.2) is 52.4 Å². The third-order valence-corrected chi connectivity index (χ3v) is 4.54. The minimum atomic E-state index is -0.413. The molecule has 0 bridgehead atoms. The molecule has 8 heteroatoms. The van der Waals surface area contributed by atoms with Crippen molar-refractivity contribution in [3.63, 3.8) is 0 Å². The highest BCUT2D eigenvalue weighted by atomic mass is 32.2. The SMILES string of the molecule is CSc1nc(C)c(C)c(N2CCN(c3ncc(F)cn3)CC2)n1. The molecule has 0 aliphatic carbocycles. The van der Waals surface area contributed by atoms with Crippen LogP contribution in [-0.2, 0) is 0 Å². The van der Waals surface area contributed by atoms with E-state index >= 15 is 0 Å². The Morgan fingerprint density at radius 2 is 1.61 bits per heavy atom. The molecule has 0 aromatic carbocycles. The zero-order chi connectivity index (χ0) is 16.4. The molecule has 2 aromatic rings. The summed E-state index contributed by atoms with van der Waals surface area (Å²) in [5.74, 6) is 1.16. The van der Waals surface area contributed by atoms with Gasteiger partial charge >= 0.3 is 0 Å². The quantitative estimate of drug-likeness (QED) is 0.629. The van der Waals surface area contributed by atoms with Gasteiger partial charge in [-0.2, -0.15) is 0 Å². The lowest BCUT2D eigenvalue weighted by Crippen LogP contribution is -2.47. The first-order chi connectivity index (χ1) is 11.1. The fourth-order valence-corrected chi connectivity index (χ4v) is 2.98. The average molecular weight is 334 g/mol. The van der Waals surface area contributed by atoms with Crippen molar-refractivity contribution < 1.29 is 4.39 Å². The number of hydrogen-bond donors (Lipinski definition) is 0. The second kappa shape index (κ2) is 6.66. The van der Waals surface area contributed by atoms with Gasteiger partial charge < -0.3 is 9.80 Å². The molecule has 3 heterocycles. The van der Waals surface area contributed by atoms with Crippen molar-refractivity contribution in [3.8, 4) is 0 Å². The molecule has 2 aromatic heterocycles. The van der Waals surface area contributed by atoms with Gasteiger partial charge in [0.2, 0.25) is 5.95 Å². The van der Waals surface area contributed by atoms with E-state index in [9.17, 15) is 4.39 Å². The Bertz CT molecular complexity index is 685. The van der Waals surface area contributed by atoms with Crippen LogP contribution < -0.4 is 9.80 Å². The van der Waals surface area contributed by atoms with Crippen molar-refractivity contribution in [2.45, 2.75) is 19.0 Å². The zero-order valence-electron chi connectivity index (χ0n) is 13.5. The number of piperazine rings is 1. The normalized spacial score (nSPS) is 15.1. The van der Waals surface area contributed by atoms with Crippen molar-refractivity contribution in [2.24, 2.45) is 0 Å². The molecule has 23 heavy (non-hydrogen) atoms. The van der Waals surface area contributed by atoms with E-state index in [0.717, 1.165) is 48.4 Å². The number of aryl methyl sites for hydroxylation is 1. The summed E-state index contributed by atoms with van der Waals surface area (Å²) in [7, 11) is 0. The van der Waals surface area contributed by atoms with Crippen LogP contribution >= 0.6 is 11.8 Å². The summed E-state index contributed by atoms with van der Waals surface area (Å²) in [6.07, 6.45) is 4.40. The molecule has 0 amide bonds. The van der Waals surface area contributed by atoms with E-state index in [1.807, 2.05) is 13.2 Å². The van der Waals surface area contributed by atoms with Crippen LogP contribution in [0.25, 0.3) is 0 Å². The van der Waals surface area contributed by atoms with Crippen molar-refractivity contribution in [1.29, 1.82) is 0 Å². The van der Waals surface area contributed by atoms with E-state index in [-0.39, 0.29) is 0 Å². The van der Waals surface area contributed by atoms with Gasteiger partial charge in [0.25, 0.3) is 0 Å². The van der Waals surface area contributed by atoms with E-state index in [1.165, 1.54) is 12.4 Å². The highest BCUT2D eigenvalue weighted by Crippen LogP contribution is 2.24. The van der Waals surface area contributed by atoms with Gasteiger partial charge in [0, 0.05) is 37.4 Å². The summed E-state index contributed by atoms with van der Waals surface area (Å²) in [4.78, 5) is 21.6. The van der Waals surface area contributed by atoms with Gasteiger partial charge in [-0.25, -0.2) is 24.3 Å². The van der Waals surface area contributed by atoms with E-state index in [2.05, 4.69) is 36.7 Å². The Labute approximate surface area is 139 Å². The lowest BCUT2D eigenvalue weighted by molar-refractivity contribution is 0.600. The lowest BCUT2D eigenvalue weighted by Gasteiger charge is -2.36. The molecule has 1 aliphatic heterocycles. The number of rotatable bonds is 3. The van der Waals surface area contributed by atoms with Crippen LogP contribution in [0.2, 0.25) is 0 Å². The van der Waals surface area contributed by atoms with Gasteiger partial charge in [0.05, 0.1) is 12.4 Å². The predicted octanol–water partition coefficient (Wildman–Crippen LogP) is 2.07. The molecule has 0 atom stereocenters. The number of thioether (sulfide) groups is 1. The van der Waals surface area contributed by atoms with Gasteiger partial charge in [-0.15, -0.1) is 0 Å². The molecule has 6 nitrogen and oxygen atoms in total. The first-order valence-electron chi connectivity index (χ1n) is 7.45. The summed E-state index contributed by atoms with van der Waals surface area (Å²) >= 11 is 1.55. The van der Waals surface area contributed by atoms with Crippen LogP contribution in [0, 0.1) is 19.7 Å². The fourth-order valence-electron chi connectivity index (χ4n) is 2.57. The molecule has 0 saturated carbocycles. The summed E-state index contributed by atoms with van der Waals surface area (Å²) in [6.45, 7) is 7.29. The Hall–Kier alpha value is -1.96. The third-order valence-electron chi connectivity index (χ3n) is 3.99. The summed E-state index contributed by atoms with van der Waals surface area (Å²) in [5.41, 5.74) is 2.14. The lowest BCUT2D eigenvalue weighted by atomic mass is 10.2. The van der Waals surface area contributed by atoms with Crippen molar-refractivity contribution in [2.75, 3.05) is 42.2 Å². The monoisotopic (exact) mass is 334 g/mol. The summed E-state index contributed by atoms with van der Waals surface area (Å²) < 4.78 is 12.9. The van der Waals surface area contributed by atoms with Crippen molar-refractivity contribution in [3.05, 3.63) is 29.5 Å². The van der Waals surface area contributed by atoms with Crippen LogP contribution in [0.15, 0.2) is 17.6 Å². The Balaban J connectivity index is 1.74. The zero-order valence-corrected chi connectivity index (χ0v) is 14.3. The Morgan fingerprint density at radius 1 is 1.00 bits per heavy atom. The number of anilines is 2. The second-order valence-corrected chi connectivity index (χ2v) is 6.19. The fraction of sp³-hybridized carbons (Fsp3) is 0.467. The van der Waals surface area contributed by atoms with Gasteiger partial charge in [-0.05, 0) is 20.1 Å². The molecule has 0 radical (unpaired) electrons. The molecule has 0 N–H and O–H groups in total. The maximum absolute atomic E-state index is 12.9. The minimum Gasteiger partial charge on any atom is -0.353 e. The first-order valence-corrected chi connectivity index (χ1v) is 8.67. The number of halogens is 1. The van der Waals surface area contributed by atoms with Crippen LogP contribution in [0.3, 0.4) is 0 Å². The summed E-state index contributed by atoms with van der Waals surface area (Å²) in [6, 6.07) is 0. The minimum absolute atomic E-state index is 0.413. The first kappa shape index (κ1) is 15.9. The smallest absolute Gasteiger partial charge is 0.225 e. The topological polar surface area (TPSA) is 58.0 Å². The van der Waals surface area contributed by atoms with Crippen LogP contribution in [0.4, 0.5) is 16.2 Å². The number of aromatic nitrogens is 4. The molecular weight excluding hydrogens is 315 g/mol. The molecule has 122 valence electrons. The number of hydrogen-bond acceptors (Lipinski definition) is 7. The van der Waals surface area contributed by atoms with E-state index in [0.29, 0.717) is 5.95 Å². The Kier molecular flexibility index (Phi) is 4.61. The highest BCUT2D eigenvalue weighted by molar-refractivity contribution is 7.98. The largest absolute Gasteiger partial charge is 0.353 e. The van der Waals surface area contributed by atoms with Crippen molar-refractivity contribution in [1.82, 2.24) is 19.9 Å². The van der Waals surface area contributed by atoms with Gasteiger partial charge in [0.1, 0.15) is 5.82 Å². The van der Waals surface area contributed by atoms with Crippen LogP contribution in [0.5, 0.6) is 0 Å². The van der Waals surface area contributed by atoms with E-state index in [1.54, 1.807) is 11.8 Å². The van der Waals surface area contributed by atoms with E-state index < -0.39 is 5.82 Å². The van der Waals surface area contributed by atoms with Gasteiger partial charge in [-0.1, -0.05) is 11.8 Å². The van der Waals surface area contributed by atoms with Crippen molar-refractivity contribution >= 4 is 23.5 Å². The molecule has 3 rings (SSSR count). The van der Waals surface area contributed by atoms with Gasteiger partial charge in [0.15, 0.2) is 11.0 Å². The Morgan fingerprint density at radius 3 is 2.22 bits per heavy atom. The molecule has 0 spiro atoms. The van der Waals surface area contributed by atoms with E-state index in [4.69, 9.17) is 0 Å². The maximum atomic E-state index is 12.9. The standard InChI is InChI=1S/C15H19FN6S/c1-10-11(2)19-15(23-3)20-13(10)21-4-6-22(7-5-21)14-17-8-12(16)9-18-14/h8-9H,4-7H2,1-3H3. The third kappa shape index (κ3) is 3.36. The molecule has 1 saturated heterocycles. The molecular formula is C15H19FN6S. The summed E-state index contributed by atoms with van der Waals surface area (Å²) in [5, 5.41) is 0.799. The molecule has 1 aliphatic rings. The van der Waals surface area contributed by atoms with Crippen LogP contribution in [0.1, 0.15) is 11.3 Å². The predicted molar refractivity (Wildman–Crippen MR) is 89.7 cm³/mol. The second-order valence-electron chi connectivity index (χ2n) is 5.42. The number of nitrogens with zero attached hydrogens (tertiary/aromatic N) is 6.